The standard InChI is InChI=1S/C14H19ClN2O/c1-10(11-6-2-3-7-12(11)15)17-13(18)14(16)8-4-5-9-14/h2-3,6-7,10H,4-5,8-9,16H2,1H3,(H,17,18)/t10-/m1/s1. The number of carbonyl (C=O) groups is 1. The molecule has 1 fully saturated rings. The van der Waals surface area contributed by atoms with Gasteiger partial charge in [-0.15, -0.1) is 0 Å². The van der Waals surface area contributed by atoms with Crippen molar-refractivity contribution < 1.29 is 4.79 Å². The van der Waals surface area contributed by atoms with Crippen LogP contribution in [-0.2, 0) is 4.79 Å². The van der Waals surface area contributed by atoms with Crippen LogP contribution in [0.5, 0.6) is 0 Å². The quantitative estimate of drug-likeness (QED) is 0.884. The van der Waals surface area contributed by atoms with Gasteiger partial charge < -0.3 is 11.1 Å². The summed E-state index contributed by atoms with van der Waals surface area (Å²) in [6.07, 6.45) is 3.61. The molecule has 4 heteroatoms. The molecule has 1 saturated carbocycles. The van der Waals surface area contributed by atoms with Gasteiger partial charge in [-0.3, -0.25) is 4.79 Å². The third-order valence-electron chi connectivity index (χ3n) is 3.67. The van der Waals surface area contributed by atoms with E-state index in [0.717, 1.165) is 31.2 Å². The number of benzene rings is 1. The van der Waals surface area contributed by atoms with Crippen LogP contribution >= 0.6 is 11.6 Å². The van der Waals surface area contributed by atoms with Crippen molar-refractivity contribution in [2.24, 2.45) is 5.73 Å². The molecule has 1 aliphatic rings. The van der Waals surface area contributed by atoms with Crippen molar-refractivity contribution in [3.8, 4) is 0 Å². The summed E-state index contributed by atoms with van der Waals surface area (Å²) < 4.78 is 0. The molecule has 3 N–H and O–H groups in total. The summed E-state index contributed by atoms with van der Waals surface area (Å²) in [5.41, 5.74) is 6.36. The molecule has 0 aliphatic heterocycles. The van der Waals surface area contributed by atoms with Crippen LogP contribution in [0.15, 0.2) is 24.3 Å². The molecule has 3 nitrogen and oxygen atoms in total. The number of hydrogen-bond acceptors (Lipinski definition) is 2. The fourth-order valence-electron chi connectivity index (χ4n) is 2.48. The Labute approximate surface area is 113 Å². The molecule has 0 unspecified atom stereocenters. The molecule has 18 heavy (non-hydrogen) atoms. The summed E-state index contributed by atoms with van der Waals surface area (Å²) in [4.78, 5) is 12.2. The van der Waals surface area contributed by atoms with Gasteiger partial charge >= 0.3 is 0 Å². The highest BCUT2D eigenvalue weighted by molar-refractivity contribution is 6.31. The van der Waals surface area contributed by atoms with Gasteiger partial charge in [-0.2, -0.15) is 0 Å². The van der Waals surface area contributed by atoms with E-state index in [1.165, 1.54) is 0 Å². The highest BCUT2D eigenvalue weighted by Gasteiger charge is 2.37. The van der Waals surface area contributed by atoms with Crippen LogP contribution in [-0.4, -0.2) is 11.4 Å². The van der Waals surface area contributed by atoms with Gasteiger partial charge in [0.2, 0.25) is 5.91 Å². The van der Waals surface area contributed by atoms with Gasteiger partial charge in [0.05, 0.1) is 11.6 Å². The molecule has 0 radical (unpaired) electrons. The fourth-order valence-corrected chi connectivity index (χ4v) is 2.78. The third kappa shape index (κ3) is 2.68. The molecule has 0 bridgehead atoms. The predicted octanol–water partition coefficient (Wildman–Crippen LogP) is 2.79. The molecule has 1 aliphatic carbocycles. The molecule has 98 valence electrons. The van der Waals surface area contributed by atoms with E-state index >= 15 is 0 Å². The Balaban J connectivity index is 2.06. The highest BCUT2D eigenvalue weighted by Crippen LogP contribution is 2.29. The van der Waals surface area contributed by atoms with Crippen molar-refractivity contribution in [2.75, 3.05) is 0 Å². The van der Waals surface area contributed by atoms with E-state index in [2.05, 4.69) is 5.32 Å². The van der Waals surface area contributed by atoms with Crippen molar-refractivity contribution in [3.05, 3.63) is 34.9 Å². The lowest BCUT2D eigenvalue weighted by Crippen LogP contribution is -2.52. The maximum absolute atomic E-state index is 12.2. The first-order valence-corrected chi connectivity index (χ1v) is 6.75. The van der Waals surface area contributed by atoms with Crippen LogP contribution in [0, 0.1) is 0 Å². The molecule has 0 saturated heterocycles. The largest absolute Gasteiger partial charge is 0.348 e. The predicted molar refractivity (Wildman–Crippen MR) is 73.4 cm³/mol. The Morgan fingerprint density at radius 1 is 1.39 bits per heavy atom. The monoisotopic (exact) mass is 266 g/mol. The Morgan fingerprint density at radius 3 is 2.61 bits per heavy atom. The molecular weight excluding hydrogens is 248 g/mol. The van der Waals surface area contributed by atoms with Gasteiger partial charge in [-0.1, -0.05) is 42.6 Å². The number of halogens is 1. The molecule has 2 rings (SSSR count). The first-order valence-electron chi connectivity index (χ1n) is 6.37. The van der Waals surface area contributed by atoms with E-state index in [-0.39, 0.29) is 11.9 Å². The van der Waals surface area contributed by atoms with Crippen LogP contribution in [0.3, 0.4) is 0 Å². The van der Waals surface area contributed by atoms with Crippen LogP contribution in [0.4, 0.5) is 0 Å². The number of nitrogens with one attached hydrogen (secondary N) is 1. The van der Waals surface area contributed by atoms with Crippen molar-refractivity contribution in [1.82, 2.24) is 5.32 Å². The topological polar surface area (TPSA) is 55.1 Å². The number of rotatable bonds is 3. The fraction of sp³-hybridized carbons (Fsp3) is 0.500. The second-order valence-electron chi connectivity index (χ2n) is 5.08. The molecule has 0 spiro atoms. The van der Waals surface area contributed by atoms with E-state index in [4.69, 9.17) is 17.3 Å². The van der Waals surface area contributed by atoms with E-state index in [9.17, 15) is 4.79 Å². The number of nitrogens with two attached hydrogens (primary N) is 1. The van der Waals surface area contributed by atoms with Crippen LogP contribution in [0.1, 0.15) is 44.2 Å². The summed E-state index contributed by atoms with van der Waals surface area (Å²) in [6.45, 7) is 1.93. The summed E-state index contributed by atoms with van der Waals surface area (Å²) >= 11 is 6.11. The van der Waals surface area contributed by atoms with Gasteiger partial charge in [0.25, 0.3) is 0 Å². The van der Waals surface area contributed by atoms with Crippen LogP contribution in [0.2, 0.25) is 5.02 Å². The van der Waals surface area contributed by atoms with E-state index in [1.807, 2.05) is 31.2 Å². The number of hydrogen-bond donors (Lipinski definition) is 2. The molecule has 1 aromatic rings. The molecule has 0 aromatic heterocycles. The van der Waals surface area contributed by atoms with Crippen molar-refractivity contribution in [2.45, 2.75) is 44.2 Å². The minimum absolute atomic E-state index is 0.0626. The Hall–Kier alpha value is -1.06. The summed E-state index contributed by atoms with van der Waals surface area (Å²) in [6, 6.07) is 7.42. The zero-order valence-corrected chi connectivity index (χ0v) is 11.3. The molecule has 1 amide bonds. The first kappa shape index (κ1) is 13.4. The van der Waals surface area contributed by atoms with Crippen molar-refractivity contribution in [3.63, 3.8) is 0 Å². The Morgan fingerprint density at radius 2 is 2.00 bits per heavy atom. The van der Waals surface area contributed by atoms with E-state index in [0.29, 0.717) is 5.02 Å². The second kappa shape index (κ2) is 5.29. The van der Waals surface area contributed by atoms with Gasteiger partial charge in [0.1, 0.15) is 0 Å². The molecular formula is C14H19ClN2O. The normalized spacial score (nSPS) is 19.5. The van der Waals surface area contributed by atoms with Crippen molar-refractivity contribution >= 4 is 17.5 Å². The average molecular weight is 267 g/mol. The summed E-state index contributed by atoms with van der Waals surface area (Å²) in [7, 11) is 0. The van der Waals surface area contributed by atoms with Crippen molar-refractivity contribution in [1.29, 1.82) is 0 Å². The highest BCUT2D eigenvalue weighted by atomic mass is 35.5. The van der Waals surface area contributed by atoms with E-state index in [1.54, 1.807) is 0 Å². The molecule has 1 aromatic carbocycles. The van der Waals surface area contributed by atoms with Gasteiger partial charge in [0, 0.05) is 5.02 Å². The summed E-state index contributed by atoms with van der Waals surface area (Å²) in [5.74, 6) is -0.0626. The zero-order chi connectivity index (χ0) is 13.2. The van der Waals surface area contributed by atoms with E-state index < -0.39 is 5.54 Å². The second-order valence-corrected chi connectivity index (χ2v) is 5.49. The lowest BCUT2D eigenvalue weighted by Gasteiger charge is -2.25. The van der Waals surface area contributed by atoms with Crippen LogP contribution < -0.4 is 11.1 Å². The maximum atomic E-state index is 12.2. The third-order valence-corrected chi connectivity index (χ3v) is 4.01. The smallest absolute Gasteiger partial charge is 0.240 e. The Kier molecular flexibility index (Phi) is 3.93. The summed E-state index contributed by atoms with van der Waals surface area (Å²) in [5, 5.41) is 3.64. The molecule has 1 atom stereocenters. The van der Waals surface area contributed by atoms with Crippen LogP contribution in [0.25, 0.3) is 0 Å². The average Bonchev–Trinajstić information content (AvgIpc) is 2.78. The lowest BCUT2D eigenvalue weighted by atomic mass is 9.97. The van der Waals surface area contributed by atoms with Gasteiger partial charge in [-0.25, -0.2) is 0 Å². The maximum Gasteiger partial charge on any atom is 0.240 e. The SMILES string of the molecule is C[C@@H](NC(=O)C1(N)CCCC1)c1ccccc1Cl. The Bertz CT molecular complexity index is 441. The molecule has 0 heterocycles. The number of amides is 1. The lowest BCUT2D eigenvalue weighted by molar-refractivity contribution is -0.126. The minimum atomic E-state index is -0.685. The first-order chi connectivity index (χ1) is 8.53. The minimum Gasteiger partial charge on any atom is -0.348 e. The van der Waals surface area contributed by atoms with Gasteiger partial charge in [-0.05, 0) is 31.4 Å². The number of carbonyl (C=O) groups excluding carboxylic acids is 1. The van der Waals surface area contributed by atoms with Gasteiger partial charge in [0.15, 0.2) is 0 Å². The zero-order valence-electron chi connectivity index (χ0n) is 10.6.